The van der Waals surface area contributed by atoms with E-state index in [9.17, 15) is 9.59 Å². The summed E-state index contributed by atoms with van der Waals surface area (Å²) in [5.74, 6) is 1.05. The van der Waals surface area contributed by atoms with Crippen LogP contribution in [0.25, 0.3) is 5.69 Å². The lowest BCUT2D eigenvalue weighted by Gasteiger charge is -2.39. The maximum atomic E-state index is 13.8. The van der Waals surface area contributed by atoms with Crippen LogP contribution in [0.15, 0.2) is 48.7 Å². The summed E-state index contributed by atoms with van der Waals surface area (Å²) in [6.45, 7) is 0.150. The number of methoxy groups -OCH3 is 5. The maximum Gasteiger partial charge on any atom is 0.310 e. The summed E-state index contributed by atoms with van der Waals surface area (Å²) in [4.78, 5) is 27.3. The second kappa shape index (κ2) is 11.9. The number of benzene rings is 3. The molecule has 7 rings (SSSR count). The minimum atomic E-state index is -0.657. The highest BCUT2D eigenvalue weighted by molar-refractivity contribution is 5.92. The summed E-state index contributed by atoms with van der Waals surface area (Å²) in [6, 6.07) is 11.9. The first kappa shape index (κ1) is 30.0. The van der Waals surface area contributed by atoms with Crippen LogP contribution in [-0.2, 0) is 9.53 Å². The van der Waals surface area contributed by atoms with Crippen molar-refractivity contribution in [2.75, 3.05) is 48.9 Å². The molecule has 14 nitrogen and oxygen atoms in total. The van der Waals surface area contributed by atoms with Gasteiger partial charge in [-0.2, -0.15) is 0 Å². The monoisotopic (exact) mass is 644 g/mol. The van der Waals surface area contributed by atoms with Crippen LogP contribution >= 0.6 is 0 Å². The Bertz CT molecular complexity index is 1830. The number of nitrogens with one attached hydrogen (secondary N) is 1. The topological polar surface area (TPSA) is 151 Å². The number of nitrogens with zero attached hydrogens (tertiary/aromatic N) is 3. The first-order valence-electron chi connectivity index (χ1n) is 14.7. The zero-order valence-electron chi connectivity index (χ0n) is 26.3. The smallest absolute Gasteiger partial charge is 0.310 e. The average molecular weight is 645 g/mol. The molecule has 0 radical (unpaired) electrons. The van der Waals surface area contributed by atoms with Crippen molar-refractivity contribution < 1.29 is 47.5 Å². The number of fused-ring (bicyclic) bond motifs is 3. The fraction of sp³-hybridized carbons (Fsp3) is 0.333. The van der Waals surface area contributed by atoms with E-state index in [1.807, 2.05) is 24.3 Å². The highest BCUT2D eigenvalue weighted by Gasteiger charge is 2.53. The molecule has 3 aliphatic rings. The number of hydrogen-bond donors (Lipinski definition) is 1. The predicted molar refractivity (Wildman–Crippen MR) is 163 cm³/mol. The molecular formula is C33H32N4O10. The van der Waals surface area contributed by atoms with Crippen LogP contribution in [0, 0.1) is 11.8 Å². The molecule has 3 heterocycles. The van der Waals surface area contributed by atoms with Gasteiger partial charge in [0.2, 0.25) is 12.5 Å². The van der Waals surface area contributed by atoms with E-state index >= 15 is 0 Å². The Morgan fingerprint density at radius 1 is 0.830 bits per heavy atom. The van der Waals surface area contributed by atoms with Gasteiger partial charge in [-0.15, -0.1) is 5.10 Å². The van der Waals surface area contributed by atoms with Crippen molar-refractivity contribution in [1.29, 1.82) is 0 Å². The summed E-state index contributed by atoms with van der Waals surface area (Å²) in [5.41, 5.74) is 2.93. The zero-order valence-corrected chi connectivity index (χ0v) is 26.3. The number of rotatable bonds is 9. The number of cyclic esters (lactones) is 1. The molecule has 0 spiro atoms. The van der Waals surface area contributed by atoms with Crippen LogP contribution < -0.4 is 38.5 Å². The average Bonchev–Trinajstić information content (AvgIpc) is 3.87. The van der Waals surface area contributed by atoms with Gasteiger partial charge in [0.05, 0.1) is 66.0 Å². The van der Waals surface area contributed by atoms with E-state index in [4.69, 9.17) is 37.9 Å². The van der Waals surface area contributed by atoms with E-state index in [-0.39, 0.29) is 25.1 Å². The van der Waals surface area contributed by atoms with Crippen molar-refractivity contribution in [1.82, 2.24) is 20.3 Å². The van der Waals surface area contributed by atoms with Gasteiger partial charge in [-0.25, -0.2) is 4.68 Å². The number of esters is 1. The Labute approximate surface area is 269 Å². The number of aromatic nitrogens is 3. The summed E-state index contributed by atoms with van der Waals surface area (Å²) in [7, 11) is 7.69. The Kier molecular flexibility index (Phi) is 7.62. The Morgan fingerprint density at radius 2 is 1.49 bits per heavy atom. The lowest BCUT2D eigenvalue weighted by atomic mass is 9.65. The Morgan fingerprint density at radius 3 is 2.11 bits per heavy atom. The van der Waals surface area contributed by atoms with Gasteiger partial charge in [-0.3, -0.25) is 9.59 Å². The largest absolute Gasteiger partial charge is 0.497 e. The predicted octanol–water partition coefficient (Wildman–Crippen LogP) is 3.44. The summed E-state index contributed by atoms with van der Waals surface area (Å²) in [6.07, 6.45) is 1.51. The molecule has 1 aliphatic carbocycles. The summed E-state index contributed by atoms with van der Waals surface area (Å²) >= 11 is 0. The molecule has 0 saturated carbocycles. The lowest BCUT2D eigenvalue weighted by Crippen LogP contribution is -2.43. The fourth-order valence-corrected chi connectivity index (χ4v) is 6.66. The van der Waals surface area contributed by atoms with Gasteiger partial charge in [-0.1, -0.05) is 5.21 Å². The molecule has 47 heavy (non-hydrogen) atoms. The summed E-state index contributed by atoms with van der Waals surface area (Å²) in [5, 5.41) is 11.4. The van der Waals surface area contributed by atoms with Crippen LogP contribution in [0.4, 0.5) is 0 Å². The van der Waals surface area contributed by atoms with Gasteiger partial charge < -0.3 is 43.2 Å². The first-order valence-corrected chi connectivity index (χ1v) is 14.7. The van der Waals surface area contributed by atoms with E-state index in [2.05, 4.69) is 15.6 Å². The molecule has 1 amide bonds. The molecular weight excluding hydrogens is 612 g/mol. The van der Waals surface area contributed by atoms with Gasteiger partial charge in [0, 0.05) is 30.0 Å². The molecule has 1 fully saturated rings. The quantitative estimate of drug-likeness (QED) is 0.266. The number of carbonyl (C=O) groups is 2. The normalized spacial score (nSPS) is 20.5. The third kappa shape index (κ3) is 5.05. The minimum absolute atomic E-state index is 0.0527. The Balaban J connectivity index is 1.29. The maximum absolute atomic E-state index is 13.8. The first-order chi connectivity index (χ1) is 22.9. The van der Waals surface area contributed by atoms with Crippen molar-refractivity contribution in [3.63, 3.8) is 0 Å². The van der Waals surface area contributed by atoms with Crippen LogP contribution in [0.1, 0.15) is 39.1 Å². The third-order valence-corrected chi connectivity index (χ3v) is 8.85. The molecule has 0 bridgehead atoms. The second-order valence-corrected chi connectivity index (χ2v) is 11.2. The molecule has 4 aromatic rings. The van der Waals surface area contributed by atoms with Crippen LogP contribution in [0.2, 0.25) is 0 Å². The van der Waals surface area contributed by atoms with Gasteiger partial charge >= 0.3 is 5.97 Å². The van der Waals surface area contributed by atoms with E-state index in [1.165, 1.54) is 32.2 Å². The zero-order chi connectivity index (χ0) is 32.8. The van der Waals surface area contributed by atoms with Gasteiger partial charge in [0.1, 0.15) is 11.5 Å². The fourth-order valence-electron chi connectivity index (χ4n) is 6.66. The van der Waals surface area contributed by atoms with Crippen LogP contribution in [0.3, 0.4) is 0 Å². The highest BCUT2D eigenvalue weighted by atomic mass is 16.7. The van der Waals surface area contributed by atoms with Crippen molar-refractivity contribution in [3.05, 3.63) is 71.0 Å². The van der Waals surface area contributed by atoms with Gasteiger partial charge in [-0.05, 0) is 41.0 Å². The van der Waals surface area contributed by atoms with Crippen molar-refractivity contribution in [3.8, 4) is 45.9 Å². The van der Waals surface area contributed by atoms with Crippen molar-refractivity contribution >= 4 is 11.9 Å². The molecule has 0 unspecified atom stereocenters. The number of carbonyl (C=O) groups excluding carboxylic acids is 2. The number of ether oxygens (including phenoxy) is 8. The highest BCUT2D eigenvalue weighted by Crippen LogP contribution is 2.55. The van der Waals surface area contributed by atoms with E-state index in [0.717, 1.165) is 16.7 Å². The van der Waals surface area contributed by atoms with Crippen molar-refractivity contribution in [2.24, 2.45) is 11.8 Å². The molecule has 3 aromatic carbocycles. The minimum Gasteiger partial charge on any atom is -0.497 e. The molecule has 4 atom stereocenters. The molecule has 14 heteroatoms. The molecule has 244 valence electrons. The van der Waals surface area contributed by atoms with E-state index in [0.29, 0.717) is 45.9 Å². The van der Waals surface area contributed by atoms with Crippen molar-refractivity contribution in [2.45, 2.75) is 12.0 Å². The molecule has 1 aromatic heterocycles. The number of amides is 1. The van der Waals surface area contributed by atoms with Crippen LogP contribution in [0.5, 0.6) is 40.2 Å². The Hall–Kier alpha value is -5.66. The molecule has 2 aliphatic heterocycles. The standard InChI is InChI=1S/C33H32N4O10/c1-40-18-8-17(9-19(10-18)41-2)37-13-23(35-36-37)32(38)34-30-21-12-25-24(46-15-47-25)11-20(21)28(29-22(30)14-45-33(29)39)16-6-26(42-3)31(44-5)27(7-16)43-4/h6-13,22,28-30H,14-15H2,1-5H3,(H,34,38)/t22-,28+,29-,30+/m0/s1. The second-order valence-electron chi connectivity index (χ2n) is 11.2. The van der Waals surface area contributed by atoms with E-state index in [1.54, 1.807) is 32.4 Å². The summed E-state index contributed by atoms with van der Waals surface area (Å²) < 4.78 is 46.2. The third-order valence-electron chi connectivity index (χ3n) is 8.85. The van der Waals surface area contributed by atoms with E-state index < -0.39 is 29.7 Å². The van der Waals surface area contributed by atoms with Crippen LogP contribution in [-0.4, -0.2) is 75.8 Å². The molecule has 1 saturated heterocycles. The lowest BCUT2D eigenvalue weighted by molar-refractivity contribution is -0.141. The number of hydrogen-bond acceptors (Lipinski definition) is 12. The van der Waals surface area contributed by atoms with Gasteiger partial charge in [0.25, 0.3) is 5.91 Å². The SMILES string of the molecule is COc1cc(OC)cc(-n2cc(C(=O)N[C@@H]3c4cc5c(cc4[C@@H](c4cc(OC)c(OC)c(OC)c4)[C@H]4C(=O)OC[C@@H]43)OCO5)nn2)c1. The van der Waals surface area contributed by atoms with Gasteiger partial charge in [0.15, 0.2) is 28.7 Å². The molecule has 1 N–H and O–H groups in total.